The zero-order chi connectivity index (χ0) is 28.6. The minimum Gasteiger partial charge on any atom is -0.353 e. The predicted molar refractivity (Wildman–Crippen MR) is 157 cm³/mol. The number of hydrogen-bond donors (Lipinski definition) is 1. The fourth-order valence-corrected chi connectivity index (χ4v) is 6.08. The molecule has 6 heterocycles. The number of fused-ring (bicyclic) bond motifs is 1. The van der Waals surface area contributed by atoms with Crippen LogP contribution in [0, 0.1) is 17.2 Å². The fraction of sp³-hybridized carbons (Fsp3) is 0.290. The first-order valence-electron chi connectivity index (χ1n) is 14.1. The minimum absolute atomic E-state index is 0.0371. The van der Waals surface area contributed by atoms with Crippen molar-refractivity contribution in [3.63, 3.8) is 0 Å². The Labute approximate surface area is 243 Å². The lowest BCUT2D eigenvalue weighted by molar-refractivity contribution is -0.135. The van der Waals surface area contributed by atoms with E-state index < -0.39 is 0 Å². The number of hydrogen-bond acceptors (Lipinski definition) is 8. The summed E-state index contributed by atoms with van der Waals surface area (Å²) in [5.74, 6) is 1.25. The fourth-order valence-electron chi connectivity index (χ4n) is 6.08. The van der Waals surface area contributed by atoms with Gasteiger partial charge in [-0.15, -0.1) is 0 Å². The van der Waals surface area contributed by atoms with Crippen LogP contribution in [0.2, 0.25) is 0 Å². The quantitative estimate of drug-likeness (QED) is 0.350. The summed E-state index contributed by atoms with van der Waals surface area (Å²) >= 11 is 0. The van der Waals surface area contributed by atoms with Crippen molar-refractivity contribution in [2.45, 2.75) is 5.92 Å². The van der Waals surface area contributed by atoms with Gasteiger partial charge in [0.15, 0.2) is 0 Å². The van der Waals surface area contributed by atoms with E-state index in [-0.39, 0.29) is 17.7 Å². The number of carbonyl (C=O) groups excluding carboxylic acids is 1. The number of amides is 1. The molecule has 2 saturated heterocycles. The van der Waals surface area contributed by atoms with E-state index in [0.29, 0.717) is 48.6 Å². The number of nitriles is 1. The molecule has 11 heteroatoms. The van der Waals surface area contributed by atoms with Gasteiger partial charge in [-0.3, -0.25) is 9.48 Å². The van der Waals surface area contributed by atoms with Crippen LogP contribution >= 0.6 is 0 Å². The Balaban J connectivity index is 1.08. The molecule has 2 unspecified atom stereocenters. The molecule has 5 aromatic rings. The van der Waals surface area contributed by atoms with Crippen molar-refractivity contribution in [3.05, 3.63) is 84.6 Å². The van der Waals surface area contributed by atoms with Crippen LogP contribution < -0.4 is 10.2 Å². The molecule has 210 valence electrons. The van der Waals surface area contributed by atoms with Crippen LogP contribution in [-0.2, 0) is 11.8 Å². The largest absolute Gasteiger partial charge is 0.353 e. The van der Waals surface area contributed by atoms with E-state index in [1.807, 2.05) is 54.7 Å². The van der Waals surface area contributed by atoms with Crippen LogP contribution in [0.1, 0.15) is 17.0 Å². The van der Waals surface area contributed by atoms with Crippen molar-refractivity contribution < 1.29 is 4.79 Å². The molecule has 2 aliphatic rings. The normalized spacial score (nSPS) is 18.9. The summed E-state index contributed by atoms with van der Waals surface area (Å²) in [6.45, 7) is 4.31. The molecule has 1 N–H and O–H groups in total. The standard InChI is InChI=1S/C31H30N10O/c1-38-19-24(16-35-38)27-20-41-30(23(13-32)15-36-41)29(37-27)22-7-8-28(34-14-22)39-9-11-40(12-10-39)31(42)26-18-33-17-25(26)21-5-3-2-4-6-21/h2-8,14-16,19-20,25-26,33H,9-12,17-18H2,1H3. The van der Waals surface area contributed by atoms with Gasteiger partial charge in [-0.1, -0.05) is 30.3 Å². The molecule has 0 saturated carbocycles. The number of anilines is 1. The van der Waals surface area contributed by atoms with Crippen molar-refractivity contribution in [2.75, 3.05) is 44.2 Å². The zero-order valence-corrected chi connectivity index (χ0v) is 23.3. The van der Waals surface area contributed by atoms with Crippen LogP contribution in [0.15, 0.2) is 73.4 Å². The second kappa shape index (κ2) is 10.7. The molecular formula is C31H30N10O. The summed E-state index contributed by atoms with van der Waals surface area (Å²) in [6, 6.07) is 16.5. The minimum atomic E-state index is -0.0371. The van der Waals surface area contributed by atoms with Crippen LogP contribution in [0.4, 0.5) is 5.82 Å². The van der Waals surface area contributed by atoms with E-state index in [9.17, 15) is 10.1 Å². The molecule has 0 bridgehead atoms. The van der Waals surface area contributed by atoms with E-state index in [2.05, 4.69) is 38.6 Å². The third kappa shape index (κ3) is 4.65. The molecule has 1 aromatic carbocycles. The number of rotatable bonds is 5. The number of nitrogens with zero attached hydrogens (tertiary/aromatic N) is 9. The first kappa shape index (κ1) is 25.9. The first-order chi connectivity index (χ1) is 20.6. The first-order valence-corrected chi connectivity index (χ1v) is 14.1. The number of pyridine rings is 1. The summed E-state index contributed by atoms with van der Waals surface area (Å²) in [6.07, 6.45) is 8.81. The Morgan fingerprint density at radius 1 is 0.952 bits per heavy atom. The van der Waals surface area contributed by atoms with Crippen molar-refractivity contribution in [3.8, 4) is 28.6 Å². The Hall–Kier alpha value is -5.08. The number of nitrogens with one attached hydrogen (secondary N) is 1. The zero-order valence-electron chi connectivity index (χ0n) is 23.3. The Kier molecular flexibility index (Phi) is 6.60. The van der Waals surface area contributed by atoms with Gasteiger partial charge in [0.2, 0.25) is 5.91 Å². The van der Waals surface area contributed by atoms with E-state index in [0.717, 1.165) is 30.0 Å². The lowest BCUT2D eigenvalue weighted by Crippen LogP contribution is -2.51. The lowest BCUT2D eigenvalue weighted by atomic mass is 9.88. The molecule has 42 heavy (non-hydrogen) atoms. The maximum Gasteiger partial charge on any atom is 0.227 e. The summed E-state index contributed by atoms with van der Waals surface area (Å²) in [5, 5.41) is 21.8. The SMILES string of the molecule is Cn1cc(-c2cn3ncc(C#N)c3c(-c3ccc(N4CCN(C(=O)C5CNCC5c5ccccc5)CC4)nc3)n2)cn1. The Morgan fingerprint density at radius 3 is 2.50 bits per heavy atom. The predicted octanol–water partition coefficient (Wildman–Crippen LogP) is 2.72. The van der Waals surface area contributed by atoms with Crippen molar-refractivity contribution in [1.82, 2.24) is 39.6 Å². The highest BCUT2D eigenvalue weighted by atomic mass is 16.2. The molecule has 11 nitrogen and oxygen atoms in total. The maximum atomic E-state index is 13.5. The Bertz CT molecular complexity index is 1780. The van der Waals surface area contributed by atoms with Gasteiger partial charge in [0.05, 0.1) is 35.9 Å². The van der Waals surface area contributed by atoms with Crippen LogP contribution in [0.25, 0.3) is 28.0 Å². The summed E-state index contributed by atoms with van der Waals surface area (Å²) in [5.41, 5.74) is 5.30. The summed E-state index contributed by atoms with van der Waals surface area (Å²) < 4.78 is 3.41. The highest BCUT2D eigenvalue weighted by Gasteiger charge is 2.37. The molecule has 2 aliphatic heterocycles. The number of benzene rings is 1. The smallest absolute Gasteiger partial charge is 0.227 e. The number of aromatic nitrogens is 6. The van der Waals surface area contributed by atoms with E-state index in [4.69, 9.17) is 9.97 Å². The third-order valence-electron chi connectivity index (χ3n) is 8.31. The number of carbonyl (C=O) groups is 1. The van der Waals surface area contributed by atoms with E-state index >= 15 is 0 Å². The molecule has 1 amide bonds. The van der Waals surface area contributed by atoms with Crippen molar-refractivity contribution in [1.29, 1.82) is 5.26 Å². The molecular weight excluding hydrogens is 528 g/mol. The average molecular weight is 559 g/mol. The molecule has 0 aliphatic carbocycles. The third-order valence-corrected chi connectivity index (χ3v) is 8.31. The average Bonchev–Trinajstić information content (AvgIpc) is 3.81. The van der Waals surface area contributed by atoms with Gasteiger partial charge in [0.1, 0.15) is 23.0 Å². The van der Waals surface area contributed by atoms with Gasteiger partial charge < -0.3 is 15.1 Å². The van der Waals surface area contributed by atoms with Gasteiger partial charge >= 0.3 is 0 Å². The lowest BCUT2D eigenvalue weighted by Gasteiger charge is -2.37. The monoisotopic (exact) mass is 558 g/mol. The number of aryl methyl sites for hydroxylation is 1. The van der Waals surface area contributed by atoms with Crippen LogP contribution in [0.5, 0.6) is 0 Å². The molecule has 2 fully saturated rings. The molecule has 7 rings (SSSR count). The van der Waals surface area contributed by atoms with Gasteiger partial charge in [-0.05, 0) is 17.7 Å². The molecule has 2 atom stereocenters. The highest BCUT2D eigenvalue weighted by Crippen LogP contribution is 2.31. The summed E-state index contributed by atoms with van der Waals surface area (Å²) in [4.78, 5) is 27.4. The summed E-state index contributed by atoms with van der Waals surface area (Å²) in [7, 11) is 1.86. The van der Waals surface area contributed by atoms with E-state index in [1.54, 1.807) is 27.8 Å². The number of piperazine rings is 1. The molecule has 0 spiro atoms. The topological polar surface area (TPSA) is 120 Å². The van der Waals surface area contributed by atoms with Crippen molar-refractivity contribution in [2.24, 2.45) is 13.0 Å². The molecule has 0 radical (unpaired) electrons. The van der Waals surface area contributed by atoms with Gasteiger partial charge in [0.25, 0.3) is 0 Å². The highest BCUT2D eigenvalue weighted by molar-refractivity contribution is 5.83. The molecule has 4 aromatic heterocycles. The van der Waals surface area contributed by atoms with Crippen LogP contribution in [-0.4, -0.2) is 79.4 Å². The van der Waals surface area contributed by atoms with Crippen molar-refractivity contribution >= 4 is 17.2 Å². The van der Waals surface area contributed by atoms with E-state index in [1.165, 1.54) is 5.56 Å². The Morgan fingerprint density at radius 2 is 1.79 bits per heavy atom. The van der Waals surface area contributed by atoms with Crippen LogP contribution in [0.3, 0.4) is 0 Å². The van der Waals surface area contributed by atoms with Gasteiger partial charge in [-0.25, -0.2) is 14.5 Å². The maximum absolute atomic E-state index is 13.5. The van der Waals surface area contributed by atoms with Gasteiger partial charge in [-0.2, -0.15) is 15.5 Å². The van der Waals surface area contributed by atoms with Gasteiger partial charge in [0, 0.05) is 75.8 Å². The second-order valence-electron chi connectivity index (χ2n) is 10.8. The second-order valence-corrected chi connectivity index (χ2v) is 10.8.